The van der Waals surface area contributed by atoms with Gasteiger partial charge in [0.25, 0.3) is 5.56 Å². The minimum Gasteiger partial charge on any atom is -0.456 e. The molecule has 0 atom stereocenters. The lowest BCUT2D eigenvalue weighted by molar-refractivity contribution is 0.0468. The normalized spacial score (nSPS) is 13.5. The van der Waals surface area contributed by atoms with Crippen LogP contribution in [-0.4, -0.2) is 20.5 Å². The molecule has 2 aromatic carbocycles. The Morgan fingerprint density at radius 2 is 1.94 bits per heavy atom. The molecule has 0 fully saturated rings. The first kappa shape index (κ1) is 20.5. The number of halogens is 1. The van der Waals surface area contributed by atoms with Crippen molar-refractivity contribution in [2.45, 2.75) is 38.8 Å². The smallest absolute Gasteiger partial charge is 0.338 e. The first-order valence-electron chi connectivity index (χ1n) is 10.5. The van der Waals surface area contributed by atoms with Gasteiger partial charge in [-0.15, -0.1) is 11.3 Å². The van der Waals surface area contributed by atoms with Crippen molar-refractivity contribution in [3.63, 3.8) is 0 Å². The van der Waals surface area contributed by atoms with Gasteiger partial charge in [0.15, 0.2) is 0 Å². The summed E-state index contributed by atoms with van der Waals surface area (Å²) in [4.78, 5) is 34.6. The van der Waals surface area contributed by atoms with E-state index in [0.717, 1.165) is 42.1 Å². The number of aryl methyl sites for hydroxylation is 1. The molecule has 1 aliphatic heterocycles. The molecular formula is C24H20FN3O3S. The highest BCUT2D eigenvalue weighted by atomic mass is 32.1. The molecule has 0 unspecified atom stereocenters. The summed E-state index contributed by atoms with van der Waals surface area (Å²) in [5.74, 6) is -0.0236. The van der Waals surface area contributed by atoms with E-state index in [1.807, 2.05) is 5.38 Å². The van der Waals surface area contributed by atoms with Crippen molar-refractivity contribution in [2.75, 3.05) is 0 Å². The lowest BCUT2D eigenvalue weighted by atomic mass is 10.1. The van der Waals surface area contributed by atoms with Crippen LogP contribution in [-0.2, 0) is 24.3 Å². The minimum absolute atomic E-state index is 0.0227. The molecule has 0 aliphatic carbocycles. The van der Waals surface area contributed by atoms with E-state index in [4.69, 9.17) is 4.74 Å². The molecule has 0 spiro atoms. The quantitative estimate of drug-likeness (QED) is 0.421. The van der Waals surface area contributed by atoms with Crippen molar-refractivity contribution >= 4 is 28.2 Å². The molecule has 0 amide bonds. The third kappa shape index (κ3) is 4.05. The van der Waals surface area contributed by atoms with Crippen LogP contribution in [0.15, 0.2) is 52.6 Å². The Bertz CT molecular complexity index is 1360. The van der Waals surface area contributed by atoms with Crippen LogP contribution in [0.3, 0.4) is 0 Å². The molecule has 0 radical (unpaired) electrons. The molecule has 0 N–H and O–H groups in total. The summed E-state index contributed by atoms with van der Waals surface area (Å²) in [6.45, 7) is 0.712. The van der Waals surface area contributed by atoms with Gasteiger partial charge >= 0.3 is 5.97 Å². The summed E-state index contributed by atoms with van der Waals surface area (Å²) in [5, 5.41) is 3.05. The molecule has 6 nitrogen and oxygen atoms in total. The van der Waals surface area contributed by atoms with Crippen molar-refractivity contribution in [2.24, 2.45) is 0 Å². The van der Waals surface area contributed by atoms with Crippen LogP contribution < -0.4 is 5.56 Å². The number of nitrogens with zero attached hydrogens (tertiary/aromatic N) is 3. The number of hydrogen-bond donors (Lipinski definition) is 0. The van der Waals surface area contributed by atoms with E-state index in [-0.39, 0.29) is 18.0 Å². The lowest BCUT2D eigenvalue weighted by Gasteiger charge is -2.10. The summed E-state index contributed by atoms with van der Waals surface area (Å²) >= 11 is 1.40. The fraction of sp³-hybridized carbons (Fsp3) is 0.250. The van der Waals surface area contributed by atoms with Gasteiger partial charge in [0, 0.05) is 23.9 Å². The number of rotatable bonds is 4. The average Bonchev–Trinajstić information content (AvgIpc) is 3.15. The fourth-order valence-corrected chi connectivity index (χ4v) is 4.68. The van der Waals surface area contributed by atoms with Crippen LogP contribution in [0.4, 0.5) is 4.39 Å². The van der Waals surface area contributed by atoms with E-state index in [1.54, 1.807) is 34.9 Å². The Kier molecular flexibility index (Phi) is 5.53. The van der Waals surface area contributed by atoms with Crippen LogP contribution in [0.2, 0.25) is 0 Å². The molecule has 2 aromatic heterocycles. The number of hydrogen-bond acceptors (Lipinski definition) is 6. The Morgan fingerprint density at radius 1 is 1.09 bits per heavy atom. The summed E-state index contributed by atoms with van der Waals surface area (Å²) in [5.41, 5.74) is 2.23. The summed E-state index contributed by atoms with van der Waals surface area (Å²) in [6.07, 6.45) is 3.83. The Hall–Kier alpha value is -3.39. The molecule has 8 heteroatoms. The van der Waals surface area contributed by atoms with Crippen molar-refractivity contribution in [1.82, 2.24) is 14.5 Å². The summed E-state index contributed by atoms with van der Waals surface area (Å²) in [7, 11) is 0. The number of esters is 1. The monoisotopic (exact) mass is 449 g/mol. The van der Waals surface area contributed by atoms with Crippen LogP contribution in [0.1, 0.15) is 41.1 Å². The zero-order valence-corrected chi connectivity index (χ0v) is 18.0. The van der Waals surface area contributed by atoms with Crippen LogP contribution >= 0.6 is 11.3 Å². The third-order valence-corrected chi connectivity index (χ3v) is 6.49. The average molecular weight is 450 g/mol. The highest BCUT2D eigenvalue weighted by molar-refractivity contribution is 7.13. The van der Waals surface area contributed by atoms with E-state index < -0.39 is 5.97 Å². The number of aromatic nitrogens is 3. The number of thiazole rings is 1. The van der Waals surface area contributed by atoms with Crippen molar-refractivity contribution in [3.8, 4) is 10.6 Å². The Balaban J connectivity index is 1.33. The summed E-state index contributed by atoms with van der Waals surface area (Å²) in [6, 6.07) is 11.0. The van der Waals surface area contributed by atoms with Crippen molar-refractivity contribution in [1.29, 1.82) is 0 Å². The predicted molar refractivity (Wildman–Crippen MR) is 120 cm³/mol. The second kappa shape index (κ2) is 8.63. The van der Waals surface area contributed by atoms with E-state index in [1.165, 1.54) is 23.5 Å². The Morgan fingerprint density at radius 3 is 2.78 bits per heavy atom. The molecule has 5 rings (SSSR count). The third-order valence-electron chi connectivity index (χ3n) is 5.55. The predicted octanol–water partition coefficient (Wildman–Crippen LogP) is 4.74. The second-order valence-corrected chi connectivity index (χ2v) is 8.61. The van der Waals surface area contributed by atoms with Crippen LogP contribution in [0.5, 0.6) is 0 Å². The minimum atomic E-state index is -0.500. The lowest BCUT2D eigenvalue weighted by Crippen LogP contribution is -2.24. The van der Waals surface area contributed by atoms with Gasteiger partial charge in [0.1, 0.15) is 23.3 Å². The van der Waals surface area contributed by atoms with Gasteiger partial charge in [0.2, 0.25) is 0 Å². The van der Waals surface area contributed by atoms with Gasteiger partial charge < -0.3 is 4.74 Å². The highest BCUT2D eigenvalue weighted by Gasteiger charge is 2.16. The van der Waals surface area contributed by atoms with E-state index >= 15 is 0 Å². The zero-order chi connectivity index (χ0) is 22.1. The highest BCUT2D eigenvalue weighted by Crippen LogP contribution is 2.24. The van der Waals surface area contributed by atoms with Gasteiger partial charge in [0.05, 0.1) is 22.2 Å². The standard InChI is InChI=1S/C24H20FN3O3S/c25-17-8-5-15(6-9-17)22-26-18(14-32-22)13-31-24(30)16-7-10-19-20(12-16)27-21-4-2-1-3-11-28(21)23(19)29/h5-10,12,14H,1-4,11,13H2. The fourth-order valence-electron chi connectivity index (χ4n) is 3.87. The maximum absolute atomic E-state index is 13.1. The SMILES string of the molecule is O=C(OCc1csc(-c2ccc(F)cc2)n1)c1ccc2c(=O)n3c(nc2c1)CCCCC3. The largest absolute Gasteiger partial charge is 0.456 e. The van der Waals surface area contributed by atoms with Gasteiger partial charge in [-0.1, -0.05) is 6.42 Å². The maximum atomic E-state index is 13.1. The van der Waals surface area contributed by atoms with Gasteiger partial charge in [-0.05, 0) is 55.3 Å². The first-order chi connectivity index (χ1) is 15.6. The van der Waals surface area contributed by atoms with E-state index in [9.17, 15) is 14.0 Å². The van der Waals surface area contributed by atoms with Crippen LogP contribution in [0, 0.1) is 5.82 Å². The number of fused-ring (bicyclic) bond motifs is 2. The topological polar surface area (TPSA) is 74.1 Å². The molecule has 32 heavy (non-hydrogen) atoms. The number of carbonyl (C=O) groups is 1. The molecule has 1 aliphatic rings. The van der Waals surface area contributed by atoms with E-state index in [0.29, 0.717) is 28.7 Å². The molecule has 0 saturated heterocycles. The van der Waals surface area contributed by atoms with Gasteiger partial charge in [-0.2, -0.15) is 0 Å². The summed E-state index contributed by atoms with van der Waals surface area (Å²) < 4.78 is 20.3. The molecular weight excluding hydrogens is 429 g/mol. The van der Waals surface area contributed by atoms with Gasteiger partial charge in [-0.3, -0.25) is 9.36 Å². The van der Waals surface area contributed by atoms with E-state index in [2.05, 4.69) is 9.97 Å². The molecule has 3 heterocycles. The maximum Gasteiger partial charge on any atom is 0.338 e. The molecule has 0 bridgehead atoms. The second-order valence-electron chi connectivity index (χ2n) is 7.75. The Labute approximate surface area is 187 Å². The number of carbonyl (C=O) groups excluding carboxylic acids is 1. The molecule has 0 saturated carbocycles. The zero-order valence-electron chi connectivity index (χ0n) is 17.2. The molecule has 4 aromatic rings. The molecule has 162 valence electrons. The number of ether oxygens (including phenoxy) is 1. The van der Waals surface area contributed by atoms with Crippen LogP contribution in [0.25, 0.3) is 21.5 Å². The number of benzene rings is 2. The van der Waals surface area contributed by atoms with Crippen molar-refractivity contribution < 1.29 is 13.9 Å². The van der Waals surface area contributed by atoms with Crippen molar-refractivity contribution in [3.05, 3.63) is 81.1 Å². The van der Waals surface area contributed by atoms with Gasteiger partial charge in [-0.25, -0.2) is 19.2 Å². The first-order valence-corrected chi connectivity index (χ1v) is 11.4.